The molecule has 1 aromatic heterocycles. The van der Waals surface area contributed by atoms with Crippen LogP contribution in [0, 0.1) is 5.95 Å². The van der Waals surface area contributed by atoms with Gasteiger partial charge in [0.15, 0.2) is 0 Å². The summed E-state index contributed by atoms with van der Waals surface area (Å²) < 4.78 is 34.2. The summed E-state index contributed by atoms with van der Waals surface area (Å²) >= 11 is 2.87. The third-order valence-electron chi connectivity index (χ3n) is 1.04. The Bertz CT molecular complexity index is 408. The van der Waals surface area contributed by atoms with Gasteiger partial charge >= 0.3 is 0 Å². The lowest BCUT2D eigenvalue weighted by Crippen LogP contribution is -1.97. The number of nitrogens with zero attached hydrogens (tertiary/aromatic N) is 1. The Morgan fingerprint density at radius 3 is 2.50 bits per heavy atom. The van der Waals surface area contributed by atoms with Gasteiger partial charge in [0, 0.05) is 10.7 Å². The summed E-state index contributed by atoms with van der Waals surface area (Å²) in [7, 11) is 0.857. The van der Waals surface area contributed by atoms with Crippen LogP contribution in [0.25, 0.3) is 0 Å². The molecule has 0 saturated heterocycles. The van der Waals surface area contributed by atoms with E-state index < -0.39 is 19.9 Å². The van der Waals surface area contributed by atoms with Gasteiger partial charge in [-0.05, 0) is 28.1 Å². The summed E-state index contributed by atoms with van der Waals surface area (Å²) in [5, 5.41) is 0. The molecule has 0 atom stereocenters. The minimum Gasteiger partial charge on any atom is -0.212 e. The van der Waals surface area contributed by atoms with Crippen molar-refractivity contribution in [3.63, 3.8) is 0 Å². The largest absolute Gasteiger partial charge is 0.265 e. The molecule has 7 heteroatoms. The highest BCUT2D eigenvalue weighted by Crippen LogP contribution is 2.19. The Labute approximate surface area is 81.1 Å². The van der Waals surface area contributed by atoms with Gasteiger partial charge in [0.25, 0.3) is 9.05 Å². The van der Waals surface area contributed by atoms with Crippen molar-refractivity contribution in [2.75, 3.05) is 0 Å². The van der Waals surface area contributed by atoms with Crippen molar-refractivity contribution in [3.05, 3.63) is 22.7 Å². The van der Waals surface area contributed by atoms with Crippen molar-refractivity contribution in [3.8, 4) is 0 Å². The van der Waals surface area contributed by atoms with Crippen LogP contribution < -0.4 is 0 Å². The molecule has 0 aliphatic carbocycles. The second-order valence-electron chi connectivity index (χ2n) is 1.86. The smallest absolute Gasteiger partial charge is 0.212 e. The summed E-state index contributed by atoms with van der Waals surface area (Å²) in [5.74, 6) is -1.11. The van der Waals surface area contributed by atoms with Crippen LogP contribution in [0.1, 0.15) is 0 Å². The first-order chi connectivity index (χ1) is 5.41. The van der Waals surface area contributed by atoms with Crippen LogP contribution in [0.5, 0.6) is 0 Å². The van der Waals surface area contributed by atoms with E-state index in [9.17, 15) is 12.8 Å². The summed E-state index contributed by atoms with van der Waals surface area (Å²) in [6.07, 6.45) is 0. The molecule has 0 fully saturated rings. The molecule has 3 nitrogen and oxygen atoms in total. The van der Waals surface area contributed by atoms with Crippen LogP contribution in [0.3, 0.4) is 0 Å². The number of halogens is 3. The Balaban J connectivity index is 3.39. The van der Waals surface area contributed by atoms with E-state index in [1.165, 1.54) is 6.07 Å². The highest BCUT2D eigenvalue weighted by molar-refractivity contribution is 9.10. The lowest BCUT2D eigenvalue weighted by molar-refractivity contribution is 0.540. The third kappa shape index (κ3) is 2.15. The van der Waals surface area contributed by atoms with E-state index in [0.29, 0.717) is 0 Å². The van der Waals surface area contributed by atoms with Gasteiger partial charge in [0.05, 0.1) is 0 Å². The molecule has 1 aromatic rings. The number of pyridine rings is 1. The van der Waals surface area contributed by atoms with E-state index in [1.54, 1.807) is 0 Å². The molecular weight excluding hydrogens is 272 g/mol. The van der Waals surface area contributed by atoms with E-state index in [1.807, 2.05) is 0 Å². The number of hydrogen-bond acceptors (Lipinski definition) is 3. The average Bonchev–Trinajstić information content (AvgIpc) is 1.83. The second-order valence-corrected chi connectivity index (χ2v) is 5.21. The number of rotatable bonds is 1. The first-order valence-electron chi connectivity index (χ1n) is 2.68. The summed E-state index contributed by atoms with van der Waals surface area (Å²) in [4.78, 5) is 2.61. The highest BCUT2D eigenvalue weighted by atomic mass is 79.9. The zero-order valence-corrected chi connectivity index (χ0v) is 8.62. The van der Waals surface area contributed by atoms with Crippen molar-refractivity contribution >= 4 is 35.7 Å². The molecule has 0 aromatic carbocycles. The minimum absolute atomic E-state index is 0.212. The molecular formula is C5H2BrClFNO2S. The maximum atomic E-state index is 12.7. The fourth-order valence-corrected chi connectivity index (χ4v) is 1.69. The van der Waals surface area contributed by atoms with E-state index in [-0.39, 0.29) is 4.60 Å². The Hall–Kier alpha value is -0.200. The SMILES string of the molecule is O=S(=O)(Cl)c1ccc(Br)nc1F. The van der Waals surface area contributed by atoms with E-state index >= 15 is 0 Å². The molecule has 12 heavy (non-hydrogen) atoms. The number of aromatic nitrogens is 1. The molecule has 0 spiro atoms. The van der Waals surface area contributed by atoms with Gasteiger partial charge in [0.2, 0.25) is 5.95 Å². The molecule has 1 rings (SSSR count). The lowest BCUT2D eigenvalue weighted by Gasteiger charge is -1.96. The molecule has 0 N–H and O–H groups in total. The first-order valence-corrected chi connectivity index (χ1v) is 5.78. The van der Waals surface area contributed by atoms with Crippen LogP contribution in [-0.4, -0.2) is 13.4 Å². The monoisotopic (exact) mass is 273 g/mol. The van der Waals surface area contributed by atoms with Gasteiger partial charge in [-0.15, -0.1) is 0 Å². The van der Waals surface area contributed by atoms with Gasteiger partial charge in [0.1, 0.15) is 9.50 Å². The van der Waals surface area contributed by atoms with Gasteiger partial charge in [-0.3, -0.25) is 0 Å². The molecule has 0 aliphatic rings. The van der Waals surface area contributed by atoms with Gasteiger partial charge < -0.3 is 0 Å². The van der Waals surface area contributed by atoms with Crippen molar-refractivity contribution in [1.29, 1.82) is 0 Å². The minimum atomic E-state index is -4.04. The molecule has 0 saturated carbocycles. The van der Waals surface area contributed by atoms with Crippen LogP contribution in [0.15, 0.2) is 21.6 Å². The zero-order valence-electron chi connectivity index (χ0n) is 5.46. The third-order valence-corrected chi connectivity index (χ3v) is 2.81. The summed E-state index contributed by atoms with van der Waals surface area (Å²) in [6, 6.07) is 2.33. The Morgan fingerprint density at radius 2 is 2.08 bits per heavy atom. The van der Waals surface area contributed by atoms with Crippen LogP contribution in [0.2, 0.25) is 0 Å². The molecule has 1 heterocycles. The van der Waals surface area contributed by atoms with Crippen LogP contribution in [0.4, 0.5) is 4.39 Å². The molecule has 0 amide bonds. The first kappa shape index (κ1) is 9.88. The van der Waals surface area contributed by atoms with E-state index in [4.69, 9.17) is 10.7 Å². The van der Waals surface area contributed by atoms with Crippen LogP contribution in [-0.2, 0) is 9.05 Å². The Morgan fingerprint density at radius 1 is 1.50 bits per heavy atom. The van der Waals surface area contributed by atoms with Crippen molar-refractivity contribution in [2.45, 2.75) is 4.90 Å². The van der Waals surface area contributed by atoms with Crippen LogP contribution >= 0.6 is 26.6 Å². The van der Waals surface area contributed by atoms with Crippen molar-refractivity contribution in [1.82, 2.24) is 4.98 Å². The lowest BCUT2D eigenvalue weighted by atomic mass is 10.5. The maximum Gasteiger partial charge on any atom is 0.265 e. The molecule has 0 radical (unpaired) electrons. The average molecular weight is 274 g/mol. The normalized spacial score (nSPS) is 11.6. The molecule has 0 bridgehead atoms. The summed E-state index contributed by atoms with van der Waals surface area (Å²) in [5.41, 5.74) is 0. The zero-order chi connectivity index (χ0) is 9.35. The fourth-order valence-electron chi connectivity index (χ4n) is 0.581. The van der Waals surface area contributed by atoms with Gasteiger partial charge in [-0.2, -0.15) is 4.39 Å². The van der Waals surface area contributed by atoms with E-state index in [2.05, 4.69) is 20.9 Å². The quantitative estimate of drug-likeness (QED) is 0.580. The van der Waals surface area contributed by atoms with Gasteiger partial charge in [-0.1, -0.05) is 0 Å². The number of hydrogen-bond donors (Lipinski definition) is 0. The topological polar surface area (TPSA) is 47.0 Å². The van der Waals surface area contributed by atoms with E-state index in [0.717, 1.165) is 6.07 Å². The maximum absolute atomic E-state index is 12.7. The standard InChI is InChI=1S/C5H2BrClFNO2S/c6-4-2-1-3(5(8)9-4)12(7,10)11/h1-2H. The second kappa shape index (κ2) is 3.27. The molecule has 0 aliphatic heterocycles. The fraction of sp³-hybridized carbons (Fsp3) is 0. The van der Waals surface area contributed by atoms with Crippen molar-refractivity contribution in [2.24, 2.45) is 0 Å². The predicted molar refractivity (Wildman–Crippen MR) is 44.9 cm³/mol. The summed E-state index contributed by atoms with van der Waals surface area (Å²) in [6.45, 7) is 0. The van der Waals surface area contributed by atoms with Gasteiger partial charge in [-0.25, -0.2) is 13.4 Å². The molecule has 0 unspecified atom stereocenters. The predicted octanol–water partition coefficient (Wildman–Crippen LogP) is 1.91. The highest BCUT2D eigenvalue weighted by Gasteiger charge is 2.16. The molecule has 66 valence electrons. The Kier molecular flexibility index (Phi) is 2.70. The van der Waals surface area contributed by atoms with Crippen molar-refractivity contribution < 1.29 is 12.8 Å².